The van der Waals surface area contributed by atoms with Crippen LogP contribution in [0, 0.1) is 5.92 Å². The summed E-state index contributed by atoms with van der Waals surface area (Å²) in [6, 6.07) is 11.0. The van der Waals surface area contributed by atoms with Crippen molar-refractivity contribution in [1.29, 1.82) is 0 Å². The third-order valence-corrected chi connectivity index (χ3v) is 6.03. The number of benzene rings is 1. The van der Waals surface area contributed by atoms with Crippen molar-refractivity contribution in [1.82, 2.24) is 10.2 Å². The second-order valence-electron chi connectivity index (χ2n) is 8.66. The van der Waals surface area contributed by atoms with E-state index in [2.05, 4.69) is 12.2 Å². The Morgan fingerprint density at radius 2 is 1.94 bits per heavy atom. The van der Waals surface area contributed by atoms with Crippen LogP contribution in [0.5, 0.6) is 5.75 Å². The molecule has 2 amide bonds. The summed E-state index contributed by atoms with van der Waals surface area (Å²) in [6.45, 7) is 4.41. The Hall–Kier alpha value is -3.02. The van der Waals surface area contributed by atoms with Gasteiger partial charge in [0, 0.05) is 18.0 Å². The number of carbonyl (C=O) groups is 2. The number of ether oxygens (including phenoxy) is 1. The molecule has 0 radical (unpaired) electrons. The summed E-state index contributed by atoms with van der Waals surface area (Å²) in [5, 5.41) is 2.79. The van der Waals surface area contributed by atoms with Crippen LogP contribution in [0.3, 0.4) is 0 Å². The monoisotopic (exact) mass is 422 g/mol. The van der Waals surface area contributed by atoms with Crippen molar-refractivity contribution in [2.24, 2.45) is 5.92 Å². The largest absolute Gasteiger partial charge is 0.497 e. The minimum absolute atomic E-state index is 0.0774. The van der Waals surface area contributed by atoms with Crippen molar-refractivity contribution in [3.8, 4) is 5.75 Å². The van der Waals surface area contributed by atoms with Gasteiger partial charge in [-0.05, 0) is 68.0 Å². The quantitative estimate of drug-likeness (QED) is 0.617. The molecule has 1 aromatic heterocycles. The van der Waals surface area contributed by atoms with Gasteiger partial charge in [-0.25, -0.2) is 0 Å². The molecule has 1 aromatic carbocycles. The van der Waals surface area contributed by atoms with Gasteiger partial charge in [-0.1, -0.05) is 19.1 Å². The third-order valence-electron chi connectivity index (χ3n) is 6.03. The van der Waals surface area contributed by atoms with E-state index < -0.39 is 6.04 Å². The Kier molecular flexibility index (Phi) is 6.16. The van der Waals surface area contributed by atoms with Crippen LogP contribution in [0.2, 0.25) is 0 Å². The van der Waals surface area contributed by atoms with Crippen LogP contribution in [0.25, 0.3) is 6.08 Å². The standard InChI is InChI=1S/C25H30N2O4/c1-16-14-22(16)23-12-11-21(31-23)15-27(19-7-8-19)25(29)17(2)26-24(28)13-6-18-4-9-20(30-3)10-5-18/h4-6,9-13,16-17,19,22H,7-8,14-15H2,1-3H3,(H,26,28). The highest BCUT2D eigenvalue weighted by molar-refractivity contribution is 5.95. The summed E-state index contributed by atoms with van der Waals surface area (Å²) < 4.78 is 11.1. The number of furan rings is 1. The van der Waals surface area contributed by atoms with Crippen LogP contribution >= 0.6 is 0 Å². The normalized spacial score (nSPS) is 21.0. The Bertz CT molecular complexity index is 958. The zero-order valence-electron chi connectivity index (χ0n) is 18.3. The molecule has 3 unspecified atom stereocenters. The minimum atomic E-state index is -0.605. The first-order valence-electron chi connectivity index (χ1n) is 11.0. The van der Waals surface area contributed by atoms with Gasteiger partial charge in [0.25, 0.3) is 0 Å². The first-order valence-corrected chi connectivity index (χ1v) is 11.0. The molecule has 1 N–H and O–H groups in total. The van der Waals surface area contributed by atoms with Gasteiger partial charge >= 0.3 is 0 Å². The van der Waals surface area contributed by atoms with Crippen LogP contribution in [-0.2, 0) is 16.1 Å². The topological polar surface area (TPSA) is 71.8 Å². The molecular weight excluding hydrogens is 392 g/mol. The SMILES string of the molecule is COc1ccc(C=CC(=O)NC(C)C(=O)N(Cc2ccc(C3CC3C)o2)C2CC2)cc1. The fourth-order valence-electron chi connectivity index (χ4n) is 3.80. The van der Waals surface area contributed by atoms with Gasteiger partial charge in [0.2, 0.25) is 11.8 Å². The van der Waals surface area contributed by atoms with Gasteiger partial charge < -0.3 is 19.4 Å². The zero-order chi connectivity index (χ0) is 22.0. The summed E-state index contributed by atoms with van der Waals surface area (Å²) in [5.74, 6) is 3.43. The molecule has 3 atom stereocenters. The third kappa shape index (κ3) is 5.37. The van der Waals surface area contributed by atoms with E-state index in [0.717, 1.165) is 35.7 Å². The molecule has 2 aliphatic rings. The summed E-state index contributed by atoms with van der Waals surface area (Å²) in [7, 11) is 1.61. The first kappa shape index (κ1) is 21.2. The molecule has 164 valence electrons. The average molecular weight is 423 g/mol. The molecule has 2 fully saturated rings. The van der Waals surface area contributed by atoms with E-state index in [1.54, 1.807) is 20.1 Å². The molecule has 2 aliphatic carbocycles. The van der Waals surface area contributed by atoms with Crippen LogP contribution in [0.4, 0.5) is 0 Å². The molecule has 2 saturated carbocycles. The number of carbonyl (C=O) groups excluding carboxylic acids is 2. The Balaban J connectivity index is 1.33. The average Bonchev–Trinajstić information content (AvgIpc) is 3.69. The summed E-state index contributed by atoms with van der Waals surface area (Å²) in [4.78, 5) is 27.2. The van der Waals surface area contributed by atoms with Crippen molar-refractivity contribution in [3.05, 3.63) is 59.6 Å². The maximum atomic E-state index is 13.0. The van der Waals surface area contributed by atoms with Crippen molar-refractivity contribution >= 4 is 17.9 Å². The zero-order valence-corrected chi connectivity index (χ0v) is 18.3. The van der Waals surface area contributed by atoms with Crippen molar-refractivity contribution in [3.63, 3.8) is 0 Å². The highest BCUT2D eigenvalue weighted by atomic mass is 16.5. The van der Waals surface area contributed by atoms with Crippen LogP contribution in [0.1, 0.15) is 56.1 Å². The molecular formula is C25H30N2O4. The van der Waals surface area contributed by atoms with Gasteiger partial charge in [-0.3, -0.25) is 9.59 Å². The van der Waals surface area contributed by atoms with E-state index in [0.29, 0.717) is 18.4 Å². The van der Waals surface area contributed by atoms with Gasteiger partial charge in [0.15, 0.2) is 0 Å². The number of hydrogen-bond acceptors (Lipinski definition) is 4. The maximum Gasteiger partial charge on any atom is 0.245 e. The van der Waals surface area contributed by atoms with Gasteiger partial charge in [-0.2, -0.15) is 0 Å². The number of rotatable bonds is 9. The lowest BCUT2D eigenvalue weighted by Gasteiger charge is -2.25. The van der Waals surface area contributed by atoms with E-state index in [1.165, 1.54) is 12.5 Å². The lowest BCUT2D eigenvalue weighted by atomic mass is 10.2. The summed E-state index contributed by atoms with van der Waals surface area (Å²) in [6.07, 6.45) is 6.33. The van der Waals surface area contributed by atoms with E-state index in [4.69, 9.17) is 9.15 Å². The van der Waals surface area contributed by atoms with Crippen molar-refractivity contribution in [2.75, 3.05) is 7.11 Å². The predicted octanol–water partition coefficient (Wildman–Crippen LogP) is 4.12. The fraction of sp³-hybridized carbons (Fsp3) is 0.440. The smallest absolute Gasteiger partial charge is 0.245 e. The Morgan fingerprint density at radius 3 is 2.55 bits per heavy atom. The number of amides is 2. The molecule has 0 saturated heterocycles. The van der Waals surface area contributed by atoms with E-state index >= 15 is 0 Å². The molecule has 0 spiro atoms. The number of nitrogens with one attached hydrogen (secondary N) is 1. The van der Waals surface area contributed by atoms with Gasteiger partial charge in [0.05, 0.1) is 13.7 Å². The fourth-order valence-corrected chi connectivity index (χ4v) is 3.80. The number of nitrogens with zero attached hydrogens (tertiary/aromatic N) is 1. The minimum Gasteiger partial charge on any atom is -0.497 e. The van der Waals surface area contributed by atoms with Crippen molar-refractivity contribution < 1.29 is 18.7 Å². The lowest BCUT2D eigenvalue weighted by Crippen LogP contribution is -2.47. The lowest BCUT2D eigenvalue weighted by molar-refractivity contribution is -0.136. The van der Waals surface area contributed by atoms with E-state index in [1.807, 2.05) is 41.3 Å². The number of methoxy groups -OCH3 is 1. The molecule has 6 nitrogen and oxygen atoms in total. The predicted molar refractivity (Wildman–Crippen MR) is 118 cm³/mol. The molecule has 0 bridgehead atoms. The molecule has 0 aliphatic heterocycles. The highest BCUT2D eigenvalue weighted by Crippen LogP contribution is 2.47. The highest BCUT2D eigenvalue weighted by Gasteiger charge is 2.38. The second kappa shape index (κ2) is 9.00. The molecule has 4 rings (SSSR count). The van der Waals surface area contributed by atoms with Crippen LogP contribution in [-0.4, -0.2) is 35.9 Å². The van der Waals surface area contributed by atoms with Crippen molar-refractivity contribution in [2.45, 2.75) is 57.7 Å². The van der Waals surface area contributed by atoms with E-state index in [9.17, 15) is 9.59 Å². The summed E-state index contributed by atoms with van der Waals surface area (Å²) in [5.41, 5.74) is 0.883. The molecule has 6 heteroatoms. The van der Waals surface area contributed by atoms with Crippen LogP contribution in [0.15, 0.2) is 46.9 Å². The molecule has 2 aromatic rings. The maximum absolute atomic E-state index is 13.0. The first-order chi connectivity index (χ1) is 14.9. The summed E-state index contributed by atoms with van der Waals surface area (Å²) >= 11 is 0. The van der Waals surface area contributed by atoms with Crippen LogP contribution < -0.4 is 10.1 Å². The number of hydrogen-bond donors (Lipinski definition) is 1. The second-order valence-corrected chi connectivity index (χ2v) is 8.66. The molecule has 1 heterocycles. The Morgan fingerprint density at radius 1 is 1.23 bits per heavy atom. The van der Waals surface area contributed by atoms with Gasteiger partial charge in [-0.15, -0.1) is 0 Å². The van der Waals surface area contributed by atoms with E-state index in [-0.39, 0.29) is 17.9 Å². The Labute approximate surface area is 183 Å². The molecule has 31 heavy (non-hydrogen) atoms. The van der Waals surface area contributed by atoms with Gasteiger partial charge in [0.1, 0.15) is 23.3 Å².